The summed E-state index contributed by atoms with van der Waals surface area (Å²) in [5, 5.41) is 6.97. The van der Waals surface area contributed by atoms with E-state index >= 15 is 0 Å². The summed E-state index contributed by atoms with van der Waals surface area (Å²) < 4.78 is 29.6. The number of anilines is 1. The van der Waals surface area contributed by atoms with Crippen LogP contribution in [0, 0.1) is 11.6 Å². The molecule has 19 heavy (non-hydrogen) atoms. The Morgan fingerprint density at radius 1 is 1.37 bits per heavy atom. The molecule has 2 rings (SSSR count). The quantitative estimate of drug-likeness (QED) is 0.914. The van der Waals surface area contributed by atoms with Crippen molar-refractivity contribution >= 4 is 21.6 Å². The van der Waals surface area contributed by atoms with E-state index in [9.17, 15) is 8.78 Å². The van der Waals surface area contributed by atoms with Crippen LogP contribution in [0.15, 0.2) is 29.0 Å². The van der Waals surface area contributed by atoms with Crippen LogP contribution in [0.1, 0.15) is 25.5 Å². The highest BCUT2D eigenvalue weighted by atomic mass is 79.9. The van der Waals surface area contributed by atoms with Crippen LogP contribution in [0.25, 0.3) is 0 Å². The van der Waals surface area contributed by atoms with E-state index in [-0.39, 0.29) is 11.7 Å². The normalized spacial score (nSPS) is 12.5. The molecule has 1 N–H and O–H groups in total. The molecule has 0 radical (unpaired) electrons. The fraction of sp³-hybridized carbons (Fsp3) is 0.308. The third-order valence-electron chi connectivity index (χ3n) is 2.84. The van der Waals surface area contributed by atoms with E-state index in [4.69, 9.17) is 0 Å². The highest BCUT2D eigenvalue weighted by molar-refractivity contribution is 9.10. The Hall–Kier alpha value is -1.43. The third kappa shape index (κ3) is 3.12. The van der Waals surface area contributed by atoms with Crippen molar-refractivity contribution in [2.45, 2.75) is 26.4 Å². The summed E-state index contributed by atoms with van der Waals surface area (Å²) in [5.41, 5.74) is 0.753. The van der Waals surface area contributed by atoms with Gasteiger partial charge in [-0.3, -0.25) is 4.68 Å². The monoisotopic (exact) mass is 329 g/mol. The lowest BCUT2D eigenvalue weighted by Gasteiger charge is -2.15. The topological polar surface area (TPSA) is 29.9 Å². The minimum absolute atomic E-state index is 0.125. The highest BCUT2D eigenvalue weighted by Gasteiger charge is 2.15. The Morgan fingerprint density at radius 2 is 2.00 bits per heavy atom. The molecule has 1 heterocycles. The van der Waals surface area contributed by atoms with Gasteiger partial charge in [0.1, 0.15) is 17.3 Å². The van der Waals surface area contributed by atoms with Gasteiger partial charge in [0.15, 0.2) is 0 Å². The molecule has 0 spiro atoms. The zero-order chi connectivity index (χ0) is 14.0. The smallest absolute Gasteiger partial charge is 0.150 e. The second kappa shape index (κ2) is 5.69. The SMILES string of the molecule is CCn1cc(C(C)Nc2c(F)cc(Br)cc2F)cn1. The molecule has 0 saturated heterocycles. The molecule has 0 saturated carbocycles. The van der Waals surface area contributed by atoms with Crippen LogP contribution in [-0.2, 0) is 6.54 Å². The van der Waals surface area contributed by atoms with Crippen LogP contribution >= 0.6 is 15.9 Å². The number of hydrogen-bond acceptors (Lipinski definition) is 2. The van der Waals surface area contributed by atoms with E-state index in [0.29, 0.717) is 4.47 Å². The summed E-state index contributed by atoms with van der Waals surface area (Å²) in [4.78, 5) is 0. The number of hydrogen-bond donors (Lipinski definition) is 1. The van der Waals surface area contributed by atoms with Gasteiger partial charge >= 0.3 is 0 Å². The van der Waals surface area contributed by atoms with Crippen LogP contribution in [0.3, 0.4) is 0 Å². The fourth-order valence-corrected chi connectivity index (χ4v) is 2.16. The lowest BCUT2D eigenvalue weighted by Crippen LogP contribution is -2.09. The molecule has 1 unspecified atom stereocenters. The van der Waals surface area contributed by atoms with Crippen LogP contribution in [-0.4, -0.2) is 9.78 Å². The second-order valence-electron chi connectivity index (χ2n) is 4.24. The molecule has 0 bridgehead atoms. The van der Waals surface area contributed by atoms with E-state index in [1.807, 2.05) is 20.0 Å². The number of benzene rings is 1. The minimum Gasteiger partial charge on any atom is -0.374 e. The maximum atomic E-state index is 13.7. The summed E-state index contributed by atoms with van der Waals surface area (Å²) in [6, 6.07) is 2.23. The van der Waals surface area contributed by atoms with Crippen molar-refractivity contribution in [1.29, 1.82) is 0 Å². The molecule has 6 heteroatoms. The van der Waals surface area contributed by atoms with Gasteiger partial charge in [-0.1, -0.05) is 15.9 Å². The third-order valence-corrected chi connectivity index (χ3v) is 3.30. The Kier molecular flexibility index (Phi) is 4.19. The van der Waals surface area contributed by atoms with Crippen LogP contribution in [0.2, 0.25) is 0 Å². The number of rotatable bonds is 4. The largest absolute Gasteiger partial charge is 0.374 e. The summed E-state index contributed by atoms with van der Waals surface area (Å²) in [5.74, 6) is -1.25. The Balaban J connectivity index is 2.21. The number of aromatic nitrogens is 2. The van der Waals surface area contributed by atoms with Crippen molar-refractivity contribution in [2.24, 2.45) is 0 Å². The summed E-state index contributed by atoms with van der Waals surface area (Å²) in [6.45, 7) is 4.56. The van der Waals surface area contributed by atoms with Crippen LogP contribution in [0.5, 0.6) is 0 Å². The van der Waals surface area contributed by atoms with Gasteiger partial charge in [0.2, 0.25) is 0 Å². The van der Waals surface area contributed by atoms with E-state index in [0.717, 1.165) is 12.1 Å². The van der Waals surface area contributed by atoms with Crippen molar-refractivity contribution in [3.63, 3.8) is 0 Å². The molecule has 0 aliphatic heterocycles. The molecule has 0 amide bonds. The first-order chi connectivity index (χ1) is 9.01. The predicted octanol–water partition coefficient (Wildman–Crippen LogP) is 4.12. The molecule has 1 atom stereocenters. The molecule has 2 aromatic rings. The molecule has 0 fully saturated rings. The zero-order valence-corrected chi connectivity index (χ0v) is 12.2. The first-order valence-electron chi connectivity index (χ1n) is 5.94. The zero-order valence-electron chi connectivity index (χ0n) is 10.6. The van der Waals surface area contributed by atoms with Crippen molar-refractivity contribution in [1.82, 2.24) is 9.78 Å². The molecule has 1 aromatic carbocycles. The molecule has 3 nitrogen and oxygen atoms in total. The molecular formula is C13H14BrF2N3. The van der Waals surface area contributed by atoms with E-state index in [2.05, 4.69) is 26.3 Å². The number of aryl methyl sites for hydroxylation is 1. The maximum Gasteiger partial charge on any atom is 0.150 e. The van der Waals surface area contributed by atoms with Crippen molar-refractivity contribution < 1.29 is 8.78 Å². The summed E-state index contributed by atoms with van der Waals surface area (Å²) in [6.07, 6.45) is 3.54. The Bertz CT molecular complexity index is 560. The van der Waals surface area contributed by atoms with Gasteiger partial charge in [0.25, 0.3) is 0 Å². The van der Waals surface area contributed by atoms with Crippen LogP contribution in [0.4, 0.5) is 14.5 Å². The summed E-state index contributed by atoms with van der Waals surface area (Å²) in [7, 11) is 0. The maximum absolute atomic E-state index is 13.7. The van der Waals surface area contributed by atoms with Gasteiger partial charge in [-0.25, -0.2) is 8.78 Å². The van der Waals surface area contributed by atoms with E-state index in [1.165, 1.54) is 12.1 Å². The average molecular weight is 330 g/mol. The van der Waals surface area contributed by atoms with Crippen molar-refractivity contribution in [3.05, 3.63) is 46.2 Å². The van der Waals surface area contributed by atoms with Gasteiger partial charge < -0.3 is 5.32 Å². The Labute approximate surface area is 118 Å². The van der Waals surface area contributed by atoms with E-state index in [1.54, 1.807) is 10.9 Å². The molecular weight excluding hydrogens is 316 g/mol. The minimum atomic E-state index is -0.624. The fourth-order valence-electron chi connectivity index (χ4n) is 1.76. The van der Waals surface area contributed by atoms with E-state index < -0.39 is 11.6 Å². The van der Waals surface area contributed by atoms with Gasteiger partial charge in [0.05, 0.1) is 12.2 Å². The van der Waals surface area contributed by atoms with Gasteiger partial charge in [-0.2, -0.15) is 5.10 Å². The average Bonchev–Trinajstić information content (AvgIpc) is 2.82. The highest BCUT2D eigenvalue weighted by Crippen LogP contribution is 2.27. The first-order valence-corrected chi connectivity index (χ1v) is 6.74. The first kappa shape index (κ1) is 14.0. The molecule has 1 aromatic heterocycles. The van der Waals surface area contributed by atoms with Crippen molar-refractivity contribution in [3.8, 4) is 0 Å². The van der Waals surface area contributed by atoms with Gasteiger partial charge in [0, 0.05) is 22.8 Å². The molecule has 0 aliphatic rings. The number of nitrogens with one attached hydrogen (secondary N) is 1. The lowest BCUT2D eigenvalue weighted by atomic mass is 10.1. The second-order valence-corrected chi connectivity index (χ2v) is 5.16. The number of halogens is 3. The predicted molar refractivity (Wildman–Crippen MR) is 74.0 cm³/mol. The van der Waals surface area contributed by atoms with Gasteiger partial charge in [-0.15, -0.1) is 0 Å². The van der Waals surface area contributed by atoms with Gasteiger partial charge in [-0.05, 0) is 26.0 Å². The summed E-state index contributed by atoms with van der Waals surface area (Å²) >= 11 is 3.05. The lowest BCUT2D eigenvalue weighted by molar-refractivity contribution is 0.583. The molecule has 102 valence electrons. The van der Waals surface area contributed by atoms with Crippen LogP contribution < -0.4 is 5.32 Å². The number of nitrogens with zero attached hydrogens (tertiary/aromatic N) is 2. The Morgan fingerprint density at radius 3 is 2.53 bits per heavy atom. The molecule has 0 aliphatic carbocycles. The van der Waals surface area contributed by atoms with Crippen molar-refractivity contribution in [2.75, 3.05) is 5.32 Å². The standard InChI is InChI=1S/C13H14BrF2N3/c1-3-19-7-9(6-17-19)8(2)18-13-11(15)4-10(14)5-12(13)16/h4-8,18H,3H2,1-2H3.